The second-order valence-electron chi connectivity index (χ2n) is 7.33. The number of aliphatic carboxylic acids is 2. The Labute approximate surface area is 185 Å². The highest BCUT2D eigenvalue weighted by Crippen LogP contribution is 2.08. The maximum Gasteiger partial charge on any atom is 0.303 e. The van der Waals surface area contributed by atoms with Crippen LogP contribution in [0.15, 0.2) is 0 Å². The number of hydrogen-bond donors (Lipinski definition) is 7. The van der Waals surface area contributed by atoms with Crippen molar-refractivity contribution < 1.29 is 44.1 Å². The number of aldehydes is 1. The molecule has 0 bridgehead atoms. The van der Waals surface area contributed by atoms with Crippen LogP contribution in [0.4, 0.5) is 0 Å². The van der Waals surface area contributed by atoms with Gasteiger partial charge in [0.05, 0.1) is 12.6 Å². The van der Waals surface area contributed by atoms with E-state index < -0.39 is 73.3 Å². The van der Waals surface area contributed by atoms with Gasteiger partial charge in [0, 0.05) is 12.8 Å². The fraction of sp³-hybridized carbons (Fsp3) is 0.684. The van der Waals surface area contributed by atoms with Crippen molar-refractivity contribution in [2.75, 3.05) is 6.61 Å². The standard InChI is InChI=1S/C19H32N4O9/c1-3-10(2)16(20)19(32)23-13(5-7-15(28)29)18(31)22-12(4-6-14(26)27)17(30)21-11(8-24)9-25/h8,10-13,16,25H,3-7,9,20H2,1-2H3,(H,21,30)(H,22,31)(H,23,32)(H,26,27)(H,28,29)/t10-,11+,12-,13-,16-/m0/s1. The Bertz CT molecular complexity index is 686. The fourth-order valence-corrected chi connectivity index (χ4v) is 2.53. The number of nitrogens with two attached hydrogens (primary N) is 1. The zero-order valence-corrected chi connectivity index (χ0v) is 18.1. The smallest absolute Gasteiger partial charge is 0.303 e. The molecule has 13 nitrogen and oxygen atoms in total. The van der Waals surface area contributed by atoms with Crippen LogP contribution < -0.4 is 21.7 Å². The molecule has 0 fully saturated rings. The molecule has 5 atom stereocenters. The van der Waals surface area contributed by atoms with Gasteiger partial charge in [0.25, 0.3) is 0 Å². The molecular weight excluding hydrogens is 428 g/mol. The first-order chi connectivity index (χ1) is 15.0. The molecule has 182 valence electrons. The van der Waals surface area contributed by atoms with E-state index in [1.165, 1.54) is 0 Å². The second kappa shape index (κ2) is 14.9. The van der Waals surface area contributed by atoms with Gasteiger partial charge in [-0.3, -0.25) is 24.0 Å². The highest BCUT2D eigenvalue weighted by Gasteiger charge is 2.30. The lowest BCUT2D eigenvalue weighted by molar-refractivity contribution is -0.140. The number of rotatable bonds is 16. The molecule has 0 spiro atoms. The van der Waals surface area contributed by atoms with E-state index in [9.17, 15) is 28.8 Å². The Balaban J connectivity index is 5.51. The number of carbonyl (C=O) groups is 6. The predicted octanol–water partition coefficient (Wildman–Crippen LogP) is -2.26. The monoisotopic (exact) mass is 460 g/mol. The lowest BCUT2D eigenvalue weighted by Gasteiger charge is -2.25. The molecule has 0 aromatic carbocycles. The summed E-state index contributed by atoms with van der Waals surface area (Å²) in [5.41, 5.74) is 5.85. The zero-order valence-electron chi connectivity index (χ0n) is 18.1. The molecule has 0 aliphatic rings. The van der Waals surface area contributed by atoms with Gasteiger partial charge in [-0.1, -0.05) is 20.3 Å². The Morgan fingerprint density at radius 1 is 0.875 bits per heavy atom. The fourth-order valence-electron chi connectivity index (χ4n) is 2.53. The Hall–Kier alpha value is -3.06. The number of carboxylic acids is 2. The van der Waals surface area contributed by atoms with Gasteiger partial charge >= 0.3 is 11.9 Å². The summed E-state index contributed by atoms with van der Waals surface area (Å²) in [6.07, 6.45) is -0.785. The molecule has 0 radical (unpaired) electrons. The number of carboxylic acid groups (broad SMARTS) is 2. The quantitative estimate of drug-likeness (QED) is 0.122. The maximum absolute atomic E-state index is 12.7. The predicted molar refractivity (Wildman–Crippen MR) is 110 cm³/mol. The Morgan fingerprint density at radius 3 is 1.69 bits per heavy atom. The van der Waals surface area contributed by atoms with Gasteiger partial charge in [-0.05, 0) is 18.8 Å². The van der Waals surface area contributed by atoms with Crippen molar-refractivity contribution in [2.45, 2.75) is 70.1 Å². The van der Waals surface area contributed by atoms with Crippen LogP contribution in [0.25, 0.3) is 0 Å². The van der Waals surface area contributed by atoms with Crippen LogP contribution in [0.1, 0.15) is 46.0 Å². The van der Waals surface area contributed by atoms with Crippen molar-refractivity contribution in [3.63, 3.8) is 0 Å². The number of amides is 3. The van der Waals surface area contributed by atoms with Crippen molar-refractivity contribution in [1.82, 2.24) is 16.0 Å². The molecule has 0 saturated heterocycles. The van der Waals surface area contributed by atoms with E-state index in [0.29, 0.717) is 6.42 Å². The van der Waals surface area contributed by atoms with E-state index in [-0.39, 0.29) is 25.0 Å². The van der Waals surface area contributed by atoms with Gasteiger partial charge in [-0.15, -0.1) is 0 Å². The summed E-state index contributed by atoms with van der Waals surface area (Å²) < 4.78 is 0. The van der Waals surface area contributed by atoms with Crippen molar-refractivity contribution in [3.05, 3.63) is 0 Å². The van der Waals surface area contributed by atoms with Gasteiger partial charge in [0.1, 0.15) is 24.4 Å². The van der Waals surface area contributed by atoms with Crippen molar-refractivity contribution in [3.8, 4) is 0 Å². The maximum atomic E-state index is 12.7. The van der Waals surface area contributed by atoms with Crippen LogP contribution >= 0.6 is 0 Å². The normalized spacial score (nSPS) is 15.4. The minimum Gasteiger partial charge on any atom is -0.481 e. The molecular formula is C19H32N4O9. The molecule has 32 heavy (non-hydrogen) atoms. The van der Waals surface area contributed by atoms with Gasteiger partial charge < -0.3 is 41.8 Å². The van der Waals surface area contributed by atoms with E-state index in [2.05, 4.69) is 16.0 Å². The summed E-state index contributed by atoms with van der Waals surface area (Å²) in [6.45, 7) is 2.84. The number of nitrogens with one attached hydrogen (secondary N) is 3. The van der Waals surface area contributed by atoms with Crippen LogP contribution in [0.5, 0.6) is 0 Å². The van der Waals surface area contributed by atoms with Crippen molar-refractivity contribution in [2.24, 2.45) is 11.7 Å². The van der Waals surface area contributed by atoms with E-state index >= 15 is 0 Å². The lowest BCUT2D eigenvalue weighted by Crippen LogP contribution is -2.57. The summed E-state index contributed by atoms with van der Waals surface area (Å²) in [5.74, 6) is -5.22. The minimum atomic E-state index is -1.42. The van der Waals surface area contributed by atoms with Crippen molar-refractivity contribution in [1.29, 1.82) is 0 Å². The first-order valence-electron chi connectivity index (χ1n) is 10.1. The number of hydrogen-bond acceptors (Lipinski definition) is 8. The number of aliphatic hydroxyl groups is 1. The Kier molecular flexibility index (Phi) is 13.4. The summed E-state index contributed by atoms with van der Waals surface area (Å²) >= 11 is 0. The van der Waals surface area contributed by atoms with Gasteiger partial charge in [-0.25, -0.2) is 0 Å². The summed E-state index contributed by atoms with van der Waals surface area (Å²) in [4.78, 5) is 70.1. The average Bonchev–Trinajstić information content (AvgIpc) is 2.75. The highest BCUT2D eigenvalue weighted by molar-refractivity contribution is 5.94. The van der Waals surface area contributed by atoms with Crippen LogP contribution in [0.3, 0.4) is 0 Å². The molecule has 0 saturated carbocycles. The average molecular weight is 460 g/mol. The van der Waals surface area contributed by atoms with Gasteiger partial charge in [-0.2, -0.15) is 0 Å². The van der Waals surface area contributed by atoms with E-state index in [0.717, 1.165) is 0 Å². The van der Waals surface area contributed by atoms with Crippen LogP contribution in [0, 0.1) is 5.92 Å². The number of aliphatic hydroxyl groups excluding tert-OH is 1. The molecule has 0 rings (SSSR count). The highest BCUT2D eigenvalue weighted by atomic mass is 16.4. The van der Waals surface area contributed by atoms with E-state index in [4.69, 9.17) is 21.1 Å². The summed E-state index contributed by atoms with van der Waals surface area (Å²) in [7, 11) is 0. The number of carbonyl (C=O) groups excluding carboxylic acids is 4. The molecule has 0 heterocycles. The lowest BCUT2D eigenvalue weighted by atomic mass is 9.98. The second-order valence-corrected chi connectivity index (χ2v) is 7.33. The van der Waals surface area contributed by atoms with Crippen LogP contribution in [-0.4, -0.2) is 82.0 Å². The molecule has 0 unspecified atom stereocenters. The van der Waals surface area contributed by atoms with Crippen molar-refractivity contribution >= 4 is 35.9 Å². The first kappa shape index (κ1) is 28.9. The third-order valence-corrected chi connectivity index (χ3v) is 4.81. The summed E-state index contributed by atoms with van der Waals surface area (Å²) in [5, 5.41) is 33.7. The van der Waals surface area contributed by atoms with Crippen LogP contribution in [-0.2, 0) is 28.8 Å². The summed E-state index contributed by atoms with van der Waals surface area (Å²) in [6, 6.07) is -4.99. The largest absolute Gasteiger partial charge is 0.481 e. The minimum absolute atomic E-state index is 0.217. The van der Waals surface area contributed by atoms with E-state index in [1.807, 2.05) is 6.92 Å². The molecule has 0 aromatic rings. The Morgan fingerprint density at radius 2 is 1.31 bits per heavy atom. The third-order valence-electron chi connectivity index (χ3n) is 4.81. The van der Waals surface area contributed by atoms with Gasteiger partial charge in [0.15, 0.2) is 0 Å². The first-order valence-corrected chi connectivity index (χ1v) is 10.1. The molecule has 13 heteroatoms. The van der Waals surface area contributed by atoms with E-state index in [1.54, 1.807) is 6.92 Å². The van der Waals surface area contributed by atoms with Gasteiger partial charge in [0.2, 0.25) is 17.7 Å². The molecule has 0 aromatic heterocycles. The topological polar surface area (TPSA) is 225 Å². The third kappa shape index (κ3) is 10.8. The molecule has 8 N–H and O–H groups in total. The molecule has 3 amide bonds. The van der Waals surface area contributed by atoms with Crippen LogP contribution in [0.2, 0.25) is 0 Å². The molecule has 0 aliphatic heterocycles. The molecule has 0 aliphatic carbocycles. The zero-order chi connectivity index (χ0) is 24.8. The SMILES string of the molecule is CC[C@H](C)[C@H](N)C(=O)N[C@@H](CCC(=O)O)C(=O)N[C@@H](CCC(=O)O)C(=O)N[C@H](C=O)CO.